The number of rotatable bonds is 6. The molecule has 0 atom stereocenters. The Morgan fingerprint density at radius 1 is 1.52 bits per heavy atom. The first-order valence-electron chi connectivity index (χ1n) is 7.19. The molecule has 0 unspecified atom stereocenters. The molecule has 0 bridgehead atoms. The second-order valence-corrected chi connectivity index (χ2v) is 5.31. The predicted molar refractivity (Wildman–Crippen MR) is 75.7 cm³/mol. The first-order valence-corrected chi connectivity index (χ1v) is 7.19. The molecule has 5 heteroatoms. The first kappa shape index (κ1) is 15.5. The number of ether oxygens (including phenoxy) is 1. The van der Waals surface area contributed by atoms with Crippen LogP contribution in [-0.4, -0.2) is 18.6 Å². The van der Waals surface area contributed by atoms with E-state index in [4.69, 9.17) is 10.00 Å². The first-order chi connectivity index (χ1) is 10.1. The molecular weight excluding hydrogens is 271 g/mol. The second-order valence-electron chi connectivity index (χ2n) is 5.31. The van der Waals surface area contributed by atoms with Crippen molar-refractivity contribution in [2.24, 2.45) is 5.92 Å². The minimum absolute atomic E-state index is 0.0706. The van der Waals surface area contributed by atoms with Crippen LogP contribution in [0.5, 0.6) is 0 Å². The van der Waals surface area contributed by atoms with Gasteiger partial charge in [-0.25, -0.2) is 4.39 Å². The van der Waals surface area contributed by atoms with E-state index in [2.05, 4.69) is 5.32 Å². The second kappa shape index (κ2) is 7.19. The fourth-order valence-corrected chi connectivity index (χ4v) is 2.50. The van der Waals surface area contributed by atoms with Gasteiger partial charge in [-0.15, -0.1) is 0 Å². The van der Waals surface area contributed by atoms with Crippen LogP contribution in [0.1, 0.15) is 37.3 Å². The van der Waals surface area contributed by atoms with E-state index in [9.17, 15) is 9.18 Å². The largest absolute Gasteiger partial charge is 0.378 e. The van der Waals surface area contributed by atoms with Crippen LogP contribution in [0.4, 0.5) is 4.39 Å². The van der Waals surface area contributed by atoms with Crippen LogP contribution in [-0.2, 0) is 16.1 Å². The number of nitrogens with zero attached hydrogens (tertiary/aromatic N) is 1. The monoisotopic (exact) mass is 290 g/mol. The molecule has 0 heterocycles. The summed E-state index contributed by atoms with van der Waals surface area (Å²) < 4.78 is 19.1. The molecule has 0 aliphatic heterocycles. The van der Waals surface area contributed by atoms with E-state index in [0.717, 1.165) is 12.8 Å². The molecule has 0 radical (unpaired) electrons. The topological polar surface area (TPSA) is 62.1 Å². The fourth-order valence-electron chi connectivity index (χ4n) is 2.50. The van der Waals surface area contributed by atoms with Crippen molar-refractivity contribution < 1.29 is 13.9 Å². The fraction of sp³-hybridized carbons (Fsp3) is 0.500. The van der Waals surface area contributed by atoms with Gasteiger partial charge in [0, 0.05) is 25.1 Å². The number of hydrogen-bond donors (Lipinski definition) is 1. The quantitative estimate of drug-likeness (QED) is 0.875. The van der Waals surface area contributed by atoms with Crippen molar-refractivity contribution in [1.29, 1.82) is 5.26 Å². The lowest BCUT2D eigenvalue weighted by Gasteiger charge is -2.34. The minimum Gasteiger partial charge on any atom is -0.378 e. The van der Waals surface area contributed by atoms with E-state index in [0.29, 0.717) is 30.6 Å². The van der Waals surface area contributed by atoms with Crippen LogP contribution in [0.25, 0.3) is 0 Å². The smallest absolute Gasteiger partial charge is 0.220 e. The maximum Gasteiger partial charge on any atom is 0.220 e. The molecule has 0 aromatic heterocycles. The van der Waals surface area contributed by atoms with Gasteiger partial charge in [0.15, 0.2) is 0 Å². The number of nitriles is 1. The summed E-state index contributed by atoms with van der Waals surface area (Å²) in [5, 5.41) is 11.4. The zero-order valence-corrected chi connectivity index (χ0v) is 12.1. The SMILES string of the molecule is CCOC1CC(CC(=O)NCc2ccc(C#N)cc2F)C1. The van der Waals surface area contributed by atoms with Crippen molar-refractivity contribution in [2.75, 3.05) is 6.61 Å². The third-order valence-electron chi connectivity index (χ3n) is 3.73. The number of halogens is 1. The number of benzene rings is 1. The molecule has 1 aliphatic rings. The third-order valence-corrected chi connectivity index (χ3v) is 3.73. The molecule has 2 rings (SSSR count). The average Bonchev–Trinajstić information content (AvgIpc) is 2.43. The zero-order valence-electron chi connectivity index (χ0n) is 12.1. The van der Waals surface area contributed by atoms with E-state index < -0.39 is 5.82 Å². The minimum atomic E-state index is -0.464. The number of amides is 1. The van der Waals surface area contributed by atoms with Gasteiger partial charge in [0.05, 0.1) is 17.7 Å². The third kappa shape index (κ3) is 4.27. The van der Waals surface area contributed by atoms with E-state index in [-0.39, 0.29) is 18.0 Å². The number of carbonyl (C=O) groups is 1. The van der Waals surface area contributed by atoms with E-state index >= 15 is 0 Å². The lowest BCUT2D eigenvalue weighted by Crippen LogP contribution is -2.35. The van der Waals surface area contributed by atoms with Gasteiger partial charge >= 0.3 is 0 Å². The molecule has 1 fully saturated rings. The van der Waals surface area contributed by atoms with Crippen molar-refractivity contribution in [2.45, 2.75) is 38.8 Å². The van der Waals surface area contributed by atoms with Crippen molar-refractivity contribution in [3.8, 4) is 6.07 Å². The number of nitrogens with one attached hydrogen (secondary N) is 1. The molecule has 1 saturated carbocycles. The Bertz CT molecular complexity index is 548. The van der Waals surface area contributed by atoms with E-state index in [1.54, 1.807) is 6.07 Å². The summed E-state index contributed by atoms with van der Waals surface area (Å²) in [6.07, 6.45) is 2.60. The summed E-state index contributed by atoms with van der Waals surface area (Å²) in [6, 6.07) is 6.13. The molecule has 112 valence electrons. The van der Waals surface area contributed by atoms with Crippen LogP contribution in [0.2, 0.25) is 0 Å². The lowest BCUT2D eigenvalue weighted by molar-refractivity contribution is -0.124. The molecule has 4 nitrogen and oxygen atoms in total. The summed E-state index contributed by atoms with van der Waals surface area (Å²) in [5.74, 6) is -0.166. The van der Waals surface area contributed by atoms with Gasteiger partial charge in [-0.2, -0.15) is 5.26 Å². The van der Waals surface area contributed by atoms with Gasteiger partial charge in [0.2, 0.25) is 5.91 Å². The molecule has 1 N–H and O–H groups in total. The van der Waals surface area contributed by atoms with Crippen molar-refractivity contribution in [1.82, 2.24) is 5.32 Å². The van der Waals surface area contributed by atoms with Crippen molar-refractivity contribution in [3.63, 3.8) is 0 Å². The highest BCUT2D eigenvalue weighted by Crippen LogP contribution is 2.32. The molecule has 1 amide bonds. The average molecular weight is 290 g/mol. The van der Waals surface area contributed by atoms with Crippen LogP contribution < -0.4 is 5.32 Å². The Morgan fingerprint density at radius 2 is 2.29 bits per heavy atom. The molecule has 0 spiro atoms. The summed E-state index contributed by atoms with van der Waals surface area (Å²) in [6.45, 7) is 2.83. The Hall–Kier alpha value is -1.93. The van der Waals surface area contributed by atoms with Gasteiger partial charge in [0.25, 0.3) is 0 Å². The highest BCUT2D eigenvalue weighted by atomic mass is 19.1. The molecule has 1 aliphatic carbocycles. The zero-order chi connectivity index (χ0) is 15.2. The molecule has 1 aromatic carbocycles. The van der Waals surface area contributed by atoms with Crippen LogP contribution in [0.3, 0.4) is 0 Å². The van der Waals surface area contributed by atoms with Crippen molar-refractivity contribution >= 4 is 5.91 Å². The Kier molecular flexibility index (Phi) is 5.29. The Balaban J connectivity index is 1.74. The van der Waals surface area contributed by atoms with Crippen LogP contribution in [0.15, 0.2) is 18.2 Å². The van der Waals surface area contributed by atoms with Gasteiger partial charge in [0.1, 0.15) is 5.82 Å². The highest BCUT2D eigenvalue weighted by molar-refractivity contribution is 5.76. The van der Waals surface area contributed by atoms with E-state index in [1.807, 2.05) is 13.0 Å². The Morgan fingerprint density at radius 3 is 2.90 bits per heavy atom. The van der Waals surface area contributed by atoms with Crippen molar-refractivity contribution in [3.05, 3.63) is 35.1 Å². The molecular formula is C16H19FN2O2. The summed E-state index contributed by atoms with van der Waals surface area (Å²) in [4.78, 5) is 11.8. The van der Waals surface area contributed by atoms with Gasteiger partial charge in [-0.05, 0) is 37.8 Å². The summed E-state index contributed by atoms with van der Waals surface area (Å²) >= 11 is 0. The van der Waals surface area contributed by atoms with Gasteiger partial charge in [-0.1, -0.05) is 6.07 Å². The summed E-state index contributed by atoms with van der Waals surface area (Å²) in [7, 11) is 0. The summed E-state index contributed by atoms with van der Waals surface area (Å²) in [5.41, 5.74) is 0.669. The number of hydrogen-bond acceptors (Lipinski definition) is 3. The predicted octanol–water partition coefficient (Wildman–Crippen LogP) is 2.52. The highest BCUT2D eigenvalue weighted by Gasteiger charge is 2.30. The maximum absolute atomic E-state index is 13.6. The Labute approximate surface area is 123 Å². The maximum atomic E-state index is 13.6. The molecule has 21 heavy (non-hydrogen) atoms. The van der Waals surface area contributed by atoms with Gasteiger partial charge in [-0.3, -0.25) is 4.79 Å². The normalized spacial score (nSPS) is 20.4. The standard InChI is InChI=1S/C16H19FN2O2/c1-2-21-14-5-12(6-14)8-16(20)19-10-13-4-3-11(9-18)7-15(13)17/h3-4,7,12,14H,2,5-6,8,10H2,1H3,(H,19,20). The van der Waals surface area contributed by atoms with E-state index in [1.165, 1.54) is 12.1 Å². The van der Waals surface area contributed by atoms with Gasteiger partial charge < -0.3 is 10.1 Å². The molecule has 0 saturated heterocycles. The number of carbonyl (C=O) groups excluding carboxylic acids is 1. The van der Waals surface area contributed by atoms with Crippen LogP contribution in [0, 0.1) is 23.1 Å². The lowest BCUT2D eigenvalue weighted by atomic mass is 9.80. The van der Waals surface area contributed by atoms with Crippen LogP contribution >= 0.6 is 0 Å². The molecule has 1 aromatic rings.